The van der Waals surface area contributed by atoms with Gasteiger partial charge in [-0.2, -0.15) is 0 Å². The van der Waals surface area contributed by atoms with Crippen LogP contribution in [0.4, 0.5) is 22.9 Å². The number of nitrogens with two attached hydrogens (primary N) is 1. The summed E-state index contributed by atoms with van der Waals surface area (Å²) in [4.78, 5) is 43.1. The summed E-state index contributed by atoms with van der Waals surface area (Å²) < 4.78 is 5.48. The molecule has 2 aliphatic heterocycles. The van der Waals surface area contributed by atoms with Gasteiger partial charge >= 0.3 is 0 Å². The van der Waals surface area contributed by atoms with Gasteiger partial charge in [-0.05, 0) is 53.8 Å². The van der Waals surface area contributed by atoms with Crippen LogP contribution in [0, 0.1) is 0 Å². The van der Waals surface area contributed by atoms with E-state index in [1.807, 2.05) is 6.07 Å². The molecule has 5 rings (SSSR count). The van der Waals surface area contributed by atoms with Crippen LogP contribution in [-0.2, 0) is 25.5 Å². The summed E-state index contributed by atoms with van der Waals surface area (Å²) in [6.45, 7) is 0.406. The predicted octanol–water partition coefficient (Wildman–Crippen LogP) is 1.43. The number of rotatable bonds is 4. The maximum atomic E-state index is 13.1. The topological polar surface area (TPSA) is 147 Å². The summed E-state index contributed by atoms with van der Waals surface area (Å²) in [5.74, 6) is -0.998. The van der Waals surface area contributed by atoms with Crippen molar-refractivity contribution in [1.29, 1.82) is 0 Å². The molecule has 1 aromatic heterocycles. The van der Waals surface area contributed by atoms with Crippen molar-refractivity contribution in [3.05, 3.63) is 54.2 Å². The predicted molar refractivity (Wildman–Crippen MR) is 126 cm³/mol. The van der Waals surface area contributed by atoms with Crippen molar-refractivity contribution >= 4 is 51.4 Å². The number of anilines is 4. The molecule has 1 saturated heterocycles. The summed E-state index contributed by atoms with van der Waals surface area (Å²) in [7, 11) is 0. The summed E-state index contributed by atoms with van der Waals surface area (Å²) in [6, 6.07) is 12.2. The summed E-state index contributed by atoms with van der Waals surface area (Å²) in [5.41, 5.74) is 8.51. The van der Waals surface area contributed by atoms with Crippen LogP contribution >= 0.6 is 0 Å². The Morgan fingerprint density at radius 3 is 2.91 bits per heavy atom. The number of aliphatic hydroxyl groups excluding tert-OH is 1. The van der Waals surface area contributed by atoms with E-state index < -0.39 is 24.0 Å². The summed E-state index contributed by atoms with van der Waals surface area (Å²) in [5, 5.41) is 17.6. The molecule has 3 amide bonds. The van der Waals surface area contributed by atoms with Crippen molar-refractivity contribution < 1.29 is 24.2 Å². The molecule has 34 heavy (non-hydrogen) atoms. The number of benzene rings is 2. The lowest BCUT2D eigenvalue weighted by Gasteiger charge is -2.34. The number of ether oxygens (including phenoxy) is 1. The maximum absolute atomic E-state index is 13.1. The van der Waals surface area contributed by atoms with Gasteiger partial charge in [0.15, 0.2) is 12.2 Å². The third-order valence-corrected chi connectivity index (χ3v) is 6.04. The van der Waals surface area contributed by atoms with Crippen LogP contribution in [0.15, 0.2) is 48.7 Å². The molecule has 2 aliphatic rings. The fraction of sp³-hybridized carbons (Fsp3) is 0.250. The van der Waals surface area contributed by atoms with E-state index in [4.69, 9.17) is 10.5 Å². The number of nitrogens with zero attached hydrogens (tertiary/aromatic N) is 2. The van der Waals surface area contributed by atoms with Crippen molar-refractivity contribution in [2.75, 3.05) is 34.4 Å². The minimum absolute atomic E-state index is 0.0736. The number of hydrogen-bond acceptors (Lipinski definition) is 7. The van der Waals surface area contributed by atoms with E-state index in [1.165, 1.54) is 4.90 Å². The molecule has 2 atom stereocenters. The van der Waals surface area contributed by atoms with Gasteiger partial charge in [0.05, 0.1) is 6.61 Å². The highest BCUT2D eigenvalue weighted by Crippen LogP contribution is 2.30. The lowest BCUT2D eigenvalue weighted by molar-refractivity contribution is -0.150. The molecule has 0 aliphatic carbocycles. The largest absolute Gasteiger partial charge is 0.383 e. The smallest absolute Gasteiger partial charge is 0.259 e. The molecule has 10 nitrogen and oxygen atoms in total. The van der Waals surface area contributed by atoms with E-state index in [1.54, 1.807) is 42.6 Å². The monoisotopic (exact) mass is 461 g/mol. The second-order valence-electron chi connectivity index (χ2n) is 8.24. The zero-order valence-electron chi connectivity index (χ0n) is 18.2. The molecule has 10 heteroatoms. The molecule has 5 N–H and O–H groups in total. The number of carbonyl (C=O) groups excluding carboxylic acids is 3. The Hall–Kier alpha value is -4.02. The quantitative estimate of drug-likeness (QED) is 0.460. The maximum Gasteiger partial charge on any atom is 0.259 e. The molecule has 174 valence electrons. The Morgan fingerprint density at radius 1 is 1.21 bits per heavy atom. The van der Waals surface area contributed by atoms with E-state index in [0.29, 0.717) is 35.7 Å². The van der Waals surface area contributed by atoms with Crippen LogP contribution in [-0.4, -0.2) is 53.2 Å². The Balaban J connectivity index is 1.31. The minimum atomic E-state index is -1.72. The fourth-order valence-corrected chi connectivity index (χ4v) is 4.25. The number of pyridine rings is 1. The van der Waals surface area contributed by atoms with Crippen LogP contribution in [0.5, 0.6) is 0 Å². The van der Waals surface area contributed by atoms with Gasteiger partial charge in [0, 0.05) is 41.6 Å². The number of aliphatic hydroxyl groups is 1. The first-order valence-electron chi connectivity index (χ1n) is 10.9. The van der Waals surface area contributed by atoms with Gasteiger partial charge in [-0.3, -0.25) is 14.4 Å². The van der Waals surface area contributed by atoms with Crippen LogP contribution in [0.1, 0.15) is 12.0 Å². The summed E-state index contributed by atoms with van der Waals surface area (Å²) >= 11 is 0. The van der Waals surface area contributed by atoms with Crippen LogP contribution in [0.3, 0.4) is 0 Å². The van der Waals surface area contributed by atoms with Gasteiger partial charge in [0.25, 0.3) is 11.8 Å². The van der Waals surface area contributed by atoms with Crippen LogP contribution in [0.25, 0.3) is 10.8 Å². The number of carbonyl (C=O) groups is 3. The van der Waals surface area contributed by atoms with Crippen molar-refractivity contribution in [3.63, 3.8) is 0 Å². The molecular formula is C24H23N5O5. The fourth-order valence-electron chi connectivity index (χ4n) is 4.25. The number of aromatic nitrogens is 1. The van der Waals surface area contributed by atoms with Gasteiger partial charge in [0.2, 0.25) is 5.91 Å². The van der Waals surface area contributed by atoms with Gasteiger partial charge in [-0.15, -0.1) is 0 Å². The minimum Gasteiger partial charge on any atom is -0.383 e. The van der Waals surface area contributed by atoms with Gasteiger partial charge < -0.3 is 31.1 Å². The van der Waals surface area contributed by atoms with E-state index >= 15 is 0 Å². The van der Waals surface area contributed by atoms with E-state index in [-0.39, 0.29) is 19.1 Å². The molecule has 2 aromatic carbocycles. The lowest BCUT2D eigenvalue weighted by atomic mass is 10.0. The molecule has 3 aromatic rings. The van der Waals surface area contributed by atoms with Crippen LogP contribution in [0.2, 0.25) is 0 Å². The standard InChI is InChI=1S/C24H23N5O5/c25-22-17-5-3-15(11-14(17)7-8-26-22)27-23(32)20(31)21-24(33)29(9-10-34-21)16-4-1-13-2-6-19(30)28-18(13)12-16/h1,3-5,7-8,11-12,20-21,31H,2,6,9-10H2,(H2,25,26)(H,27,32)(H,28,30)/t20-,21?/m1/s1. The zero-order chi connectivity index (χ0) is 23.8. The van der Waals surface area contributed by atoms with Crippen molar-refractivity contribution in [3.8, 4) is 0 Å². The van der Waals surface area contributed by atoms with Crippen LogP contribution < -0.4 is 21.3 Å². The molecule has 0 spiro atoms. The molecule has 0 radical (unpaired) electrons. The Kier molecular flexibility index (Phi) is 5.60. The number of morpholine rings is 1. The van der Waals surface area contributed by atoms with E-state index in [2.05, 4.69) is 15.6 Å². The number of aryl methyl sites for hydroxylation is 1. The first kappa shape index (κ1) is 21.8. The van der Waals surface area contributed by atoms with E-state index in [9.17, 15) is 19.5 Å². The van der Waals surface area contributed by atoms with E-state index in [0.717, 1.165) is 16.3 Å². The third kappa shape index (κ3) is 4.04. The second-order valence-corrected chi connectivity index (χ2v) is 8.24. The average Bonchev–Trinajstić information content (AvgIpc) is 2.83. The van der Waals surface area contributed by atoms with Crippen molar-refractivity contribution in [2.45, 2.75) is 25.0 Å². The molecule has 1 fully saturated rings. The Labute approximate surface area is 194 Å². The van der Waals surface area contributed by atoms with Gasteiger partial charge in [-0.25, -0.2) is 4.98 Å². The SMILES string of the molecule is Nc1nccc2cc(NC(=O)[C@H](O)C3OCCN(c4ccc5c(c4)NC(=O)CC5)C3=O)ccc12. The molecule has 1 unspecified atom stereocenters. The van der Waals surface area contributed by atoms with Gasteiger partial charge in [-0.1, -0.05) is 6.07 Å². The first-order chi connectivity index (χ1) is 16.4. The first-order valence-corrected chi connectivity index (χ1v) is 10.9. The number of hydrogen-bond donors (Lipinski definition) is 4. The molecule has 0 bridgehead atoms. The molecular weight excluding hydrogens is 438 g/mol. The summed E-state index contributed by atoms with van der Waals surface area (Å²) in [6.07, 6.45) is -0.454. The Morgan fingerprint density at radius 2 is 2.06 bits per heavy atom. The molecule has 0 saturated carbocycles. The lowest BCUT2D eigenvalue weighted by Crippen LogP contribution is -2.55. The number of nitrogens with one attached hydrogen (secondary N) is 2. The van der Waals surface area contributed by atoms with Crippen molar-refractivity contribution in [2.24, 2.45) is 0 Å². The highest BCUT2D eigenvalue weighted by atomic mass is 16.5. The molecule has 3 heterocycles. The number of nitrogen functional groups attached to an aromatic ring is 1. The average molecular weight is 461 g/mol. The highest BCUT2D eigenvalue weighted by molar-refractivity contribution is 6.05. The third-order valence-electron chi connectivity index (χ3n) is 6.04. The highest BCUT2D eigenvalue weighted by Gasteiger charge is 2.39. The number of amides is 3. The van der Waals surface area contributed by atoms with Crippen molar-refractivity contribution in [1.82, 2.24) is 4.98 Å². The zero-order valence-corrected chi connectivity index (χ0v) is 18.2. The normalized spacial score (nSPS) is 18.9. The second kappa shape index (κ2) is 8.73. The Bertz CT molecular complexity index is 1310. The van der Waals surface area contributed by atoms with Gasteiger partial charge in [0.1, 0.15) is 5.82 Å². The number of fused-ring (bicyclic) bond motifs is 2.